The van der Waals surface area contributed by atoms with Crippen LogP contribution in [0.25, 0.3) is 22.0 Å². The van der Waals surface area contributed by atoms with Gasteiger partial charge < -0.3 is 15.0 Å². The summed E-state index contributed by atoms with van der Waals surface area (Å²) < 4.78 is 40.0. The van der Waals surface area contributed by atoms with Crippen LogP contribution in [0.5, 0.6) is 0 Å². The van der Waals surface area contributed by atoms with E-state index in [1.165, 1.54) is 6.07 Å². The molecule has 174 valence electrons. The van der Waals surface area contributed by atoms with E-state index < -0.39 is 18.5 Å². The Morgan fingerprint density at radius 1 is 1.27 bits per heavy atom. The minimum atomic E-state index is -4.57. The number of aliphatic hydroxyl groups excluding tert-OH is 1. The molecule has 1 atom stereocenters. The monoisotopic (exact) mass is 497 g/mol. The lowest BCUT2D eigenvalue weighted by molar-refractivity contribution is -0.141. The van der Waals surface area contributed by atoms with Gasteiger partial charge in [-0.25, -0.2) is 0 Å². The van der Waals surface area contributed by atoms with E-state index in [2.05, 4.69) is 9.97 Å². The van der Waals surface area contributed by atoms with E-state index in [0.29, 0.717) is 41.2 Å². The molecule has 2 aliphatic rings. The summed E-state index contributed by atoms with van der Waals surface area (Å²) in [6.45, 7) is 0.606. The van der Waals surface area contributed by atoms with Crippen LogP contribution in [-0.2, 0) is 23.8 Å². The van der Waals surface area contributed by atoms with Crippen LogP contribution < -0.4 is 0 Å². The number of amides is 1. The molecule has 1 amide bonds. The fourth-order valence-corrected chi connectivity index (χ4v) is 5.67. The average molecular weight is 498 g/mol. The number of carbonyl (C=O) groups is 1. The molecule has 3 aromatic rings. The summed E-state index contributed by atoms with van der Waals surface area (Å²) in [5.74, 6) is -0.288. The van der Waals surface area contributed by atoms with Crippen LogP contribution in [0.15, 0.2) is 24.4 Å². The van der Waals surface area contributed by atoms with Crippen molar-refractivity contribution in [3.8, 4) is 11.1 Å². The van der Waals surface area contributed by atoms with Gasteiger partial charge >= 0.3 is 6.18 Å². The number of hydrogen-bond acceptors (Lipinski definition) is 3. The van der Waals surface area contributed by atoms with Crippen molar-refractivity contribution in [2.45, 2.75) is 31.9 Å². The van der Waals surface area contributed by atoms with Crippen LogP contribution in [0.1, 0.15) is 29.8 Å². The number of hydrogen-bond donors (Lipinski definition) is 2. The van der Waals surface area contributed by atoms with E-state index in [1.54, 1.807) is 11.0 Å². The quantitative estimate of drug-likeness (QED) is 0.507. The zero-order valence-corrected chi connectivity index (χ0v) is 18.9. The first-order valence-corrected chi connectivity index (χ1v) is 11.3. The van der Waals surface area contributed by atoms with Gasteiger partial charge in [-0.3, -0.25) is 9.78 Å². The first-order chi connectivity index (χ1) is 15.6. The van der Waals surface area contributed by atoms with Crippen molar-refractivity contribution in [1.82, 2.24) is 14.9 Å². The summed E-state index contributed by atoms with van der Waals surface area (Å²) in [7, 11) is 0. The van der Waals surface area contributed by atoms with Crippen LogP contribution >= 0.6 is 23.2 Å². The van der Waals surface area contributed by atoms with Gasteiger partial charge in [-0.15, -0.1) is 0 Å². The maximum absolute atomic E-state index is 13.3. The maximum Gasteiger partial charge on any atom is 0.433 e. The molecule has 0 bridgehead atoms. The summed E-state index contributed by atoms with van der Waals surface area (Å²) in [4.78, 5) is 20.5. The molecule has 1 aliphatic carbocycles. The highest BCUT2D eigenvalue weighted by Gasteiger charge is 2.43. The fraction of sp³-hybridized carbons (Fsp3) is 0.391. The zero-order chi connectivity index (χ0) is 23.5. The SMILES string of the molecule is O=C(CO)N1CCC2(CCc3[nH]c4c(Cl)c(Cl)cc(-c5ccnc(C(F)(F)F)c5)c4c3C2)C1. The van der Waals surface area contributed by atoms with E-state index in [9.17, 15) is 23.1 Å². The number of nitrogens with zero attached hydrogens (tertiary/aromatic N) is 2. The molecule has 1 aromatic carbocycles. The molecule has 5 rings (SSSR count). The van der Waals surface area contributed by atoms with Crippen molar-refractivity contribution >= 4 is 40.0 Å². The van der Waals surface area contributed by atoms with E-state index in [1.807, 2.05) is 0 Å². The third-order valence-corrected chi connectivity index (χ3v) is 7.69. The number of pyridine rings is 1. The van der Waals surface area contributed by atoms with Crippen molar-refractivity contribution in [1.29, 1.82) is 0 Å². The second-order valence-corrected chi connectivity index (χ2v) is 9.66. The highest BCUT2D eigenvalue weighted by Crippen LogP contribution is 2.48. The zero-order valence-electron chi connectivity index (χ0n) is 17.4. The standard InChI is InChI=1S/C23H20Cl2F3N3O2/c24-15-8-13(12-2-5-29-17(7-12)23(26,27)28)19-14-9-22(4-6-31(11-22)18(33)10-32)3-1-16(14)30-21(19)20(15)25/h2,5,7-8,30,32H,1,3-4,6,9-11H2. The summed E-state index contributed by atoms with van der Waals surface area (Å²) in [5.41, 5.74) is 2.37. The third kappa shape index (κ3) is 3.78. The van der Waals surface area contributed by atoms with Gasteiger partial charge in [0.15, 0.2) is 0 Å². The number of aliphatic hydroxyl groups is 1. The summed E-state index contributed by atoms with van der Waals surface area (Å²) in [6.07, 6.45) is -0.393. The Hall–Kier alpha value is -2.29. The lowest BCUT2D eigenvalue weighted by atomic mass is 9.72. The molecule has 2 N–H and O–H groups in total. The van der Waals surface area contributed by atoms with Crippen LogP contribution in [0, 0.1) is 5.41 Å². The van der Waals surface area contributed by atoms with Crippen molar-refractivity contribution < 1.29 is 23.1 Å². The molecule has 0 saturated carbocycles. The van der Waals surface area contributed by atoms with Crippen LogP contribution in [0.4, 0.5) is 13.2 Å². The van der Waals surface area contributed by atoms with Gasteiger partial charge in [-0.2, -0.15) is 13.2 Å². The number of aryl methyl sites for hydroxylation is 1. The molecule has 1 unspecified atom stereocenters. The molecule has 1 saturated heterocycles. The Morgan fingerprint density at radius 3 is 2.79 bits per heavy atom. The van der Waals surface area contributed by atoms with Gasteiger partial charge in [0.2, 0.25) is 5.91 Å². The van der Waals surface area contributed by atoms with Gasteiger partial charge in [-0.05, 0) is 66.0 Å². The number of aromatic amines is 1. The predicted octanol–water partition coefficient (Wildman–Crippen LogP) is 5.26. The molecule has 2 aromatic heterocycles. The highest BCUT2D eigenvalue weighted by atomic mass is 35.5. The molecule has 5 nitrogen and oxygen atoms in total. The number of carbonyl (C=O) groups excluding carboxylic acids is 1. The molecule has 33 heavy (non-hydrogen) atoms. The van der Waals surface area contributed by atoms with Crippen molar-refractivity contribution in [2.75, 3.05) is 19.7 Å². The number of fused-ring (bicyclic) bond motifs is 3. The van der Waals surface area contributed by atoms with Crippen molar-refractivity contribution in [3.63, 3.8) is 0 Å². The van der Waals surface area contributed by atoms with Crippen LogP contribution in [0.3, 0.4) is 0 Å². The predicted molar refractivity (Wildman–Crippen MR) is 119 cm³/mol. The maximum atomic E-state index is 13.3. The number of benzene rings is 1. The first-order valence-electron chi connectivity index (χ1n) is 10.6. The van der Waals surface area contributed by atoms with E-state index in [4.69, 9.17) is 23.2 Å². The first kappa shape index (κ1) is 22.5. The summed E-state index contributed by atoms with van der Waals surface area (Å²) >= 11 is 12.9. The molecular formula is C23H20Cl2F3N3O2. The van der Waals surface area contributed by atoms with Gasteiger partial charge in [-0.1, -0.05) is 23.2 Å². The van der Waals surface area contributed by atoms with Gasteiger partial charge in [0.05, 0.1) is 15.6 Å². The van der Waals surface area contributed by atoms with Crippen molar-refractivity contribution in [3.05, 3.63) is 51.4 Å². The Morgan fingerprint density at radius 2 is 2.06 bits per heavy atom. The Bertz CT molecular complexity index is 1270. The van der Waals surface area contributed by atoms with Crippen molar-refractivity contribution in [2.24, 2.45) is 5.41 Å². The molecule has 1 aliphatic heterocycles. The number of nitrogens with one attached hydrogen (secondary N) is 1. The number of rotatable bonds is 2. The molecule has 3 heterocycles. The smallest absolute Gasteiger partial charge is 0.387 e. The third-order valence-electron chi connectivity index (χ3n) is 6.91. The summed E-state index contributed by atoms with van der Waals surface area (Å²) in [6, 6.07) is 4.16. The fourth-order valence-electron chi connectivity index (χ4n) is 5.27. The Labute approximate surface area is 197 Å². The topological polar surface area (TPSA) is 69.2 Å². The minimum absolute atomic E-state index is 0.147. The number of likely N-dealkylation sites (tertiary alicyclic amines) is 1. The number of H-pyrrole nitrogens is 1. The second-order valence-electron chi connectivity index (χ2n) is 8.88. The van der Waals surface area contributed by atoms with Crippen LogP contribution in [0.2, 0.25) is 10.0 Å². The number of aromatic nitrogens is 2. The van der Waals surface area contributed by atoms with E-state index >= 15 is 0 Å². The minimum Gasteiger partial charge on any atom is -0.387 e. The average Bonchev–Trinajstić information content (AvgIpc) is 3.37. The van der Waals surface area contributed by atoms with Gasteiger partial charge in [0.25, 0.3) is 0 Å². The highest BCUT2D eigenvalue weighted by molar-refractivity contribution is 6.45. The van der Waals surface area contributed by atoms with Gasteiger partial charge in [0.1, 0.15) is 12.3 Å². The molecular weight excluding hydrogens is 478 g/mol. The van der Waals surface area contributed by atoms with Crippen LogP contribution in [-0.4, -0.2) is 45.6 Å². The second kappa shape index (κ2) is 7.89. The molecule has 1 spiro atoms. The Balaban J connectivity index is 1.65. The number of halogens is 5. The van der Waals surface area contributed by atoms with E-state index in [0.717, 1.165) is 48.2 Å². The van der Waals surface area contributed by atoms with E-state index in [-0.39, 0.29) is 16.3 Å². The lowest BCUT2D eigenvalue weighted by Gasteiger charge is -2.33. The van der Waals surface area contributed by atoms with Gasteiger partial charge in [0, 0.05) is 30.4 Å². The normalized spacial score (nSPS) is 20.6. The molecule has 10 heteroatoms. The summed E-state index contributed by atoms with van der Waals surface area (Å²) in [5, 5.41) is 10.6. The number of alkyl halides is 3. The Kier molecular flexibility index (Phi) is 5.38. The molecule has 1 fully saturated rings. The largest absolute Gasteiger partial charge is 0.433 e. The lowest BCUT2D eigenvalue weighted by Crippen LogP contribution is -2.36. The molecule has 0 radical (unpaired) electrons.